The maximum atomic E-state index is 11.7. The van der Waals surface area contributed by atoms with Crippen molar-refractivity contribution in [1.82, 2.24) is 5.32 Å². The predicted octanol–water partition coefficient (Wildman–Crippen LogP) is 2.17. The molecular formula is C14H22BrNO4S. The predicted molar refractivity (Wildman–Crippen MR) is 87.6 cm³/mol. The fraction of sp³-hybridized carbons (Fsp3) is 0.571. The highest BCUT2D eigenvalue weighted by molar-refractivity contribution is 9.10. The van der Waals surface area contributed by atoms with Gasteiger partial charge in [0.1, 0.15) is 12.4 Å². The highest BCUT2D eigenvalue weighted by atomic mass is 79.9. The van der Waals surface area contributed by atoms with E-state index >= 15 is 0 Å². The fourth-order valence-corrected chi connectivity index (χ4v) is 3.28. The number of sulfone groups is 1. The molecule has 0 saturated heterocycles. The van der Waals surface area contributed by atoms with Gasteiger partial charge < -0.3 is 14.8 Å². The molecule has 0 spiro atoms. The zero-order valence-electron chi connectivity index (χ0n) is 12.7. The number of nitrogens with one attached hydrogen (secondary N) is 1. The first kappa shape index (κ1) is 18.4. The average Bonchev–Trinajstić information content (AvgIpc) is 2.41. The molecule has 0 bridgehead atoms. The Kier molecular flexibility index (Phi) is 7.12. The summed E-state index contributed by atoms with van der Waals surface area (Å²) < 4.78 is 34.8. The van der Waals surface area contributed by atoms with Crippen LogP contribution in [0.5, 0.6) is 5.75 Å². The minimum absolute atomic E-state index is 0.274. The van der Waals surface area contributed by atoms with E-state index in [4.69, 9.17) is 9.47 Å². The quantitative estimate of drug-likeness (QED) is 0.701. The lowest BCUT2D eigenvalue weighted by Crippen LogP contribution is -2.32. The topological polar surface area (TPSA) is 64.6 Å². The lowest BCUT2D eigenvalue weighted by atomic mass is 10.0. The standard InChI is InChI=1S/C14H22BrNO4S/c1-10(21(4,17)18)14(16-2)11-5-6-13(12(15)9-11)20-8-7-19-3/h5-6,9-10,14,16H,7-8H2,1-4H3. The largest absolute Gasteiger partial charge is 0.490 e. The van der Waals surface area contributed by atoms with E-state index < -0.39 is 15.1 Å². The van der Waals surface area contributed by atoms with Crippen molar-refractivity contribution in [2.75, 3.05) is 33.6 Å². The van der Waals surface area contributed by atoms with Crippen molar-refractivity contribution in [2.24, 2.45) is 0 Å². The van der Waals surface area contributed by atoms with E-state index in [1.165, 1.54) is 6.26 Å². The molecule has 1 aromatic carbocycles. The molecule has 5 nitrogen and oxygen atoms in total. The third kappa shape index (κ3) is 5.25. The Balaban J connectivity index is 2.95. The van der Waals surface area contributed by atoms with E-state index in [1.54, 1.807) is 21.1 Å². The third-order valence-electron chi connectivity index (χ3n) is 3.32. The van der Waals surface area contributed by atoms with Crippen LogP contribution in [0.25, 0.3) is 0 Å². The van der Waals surface area contributed by atoms with Gasteiger partial charge in [-0.15, -0.1) is 0 Å². The van der Waals surface area contributed by atoms with Gasteiger partial charge in [-0.2, -0.15) is 0 Å². The molecule has 0 amide bonds. The van der Waals surface area contributed by atoms with Gasteiger partial charge in [-0.1, -0.05) is 6.07 Å². The zero-order chi connectivity index (χ0) is 16.0. The molecule has 0 radical (unpaired) electrons. The summed E-state index contributed by atoms with van der Waals surface area (Å²) in [4.78, 5) is 0. The van der Waals surface area contributed by atoms with Crippen LogP contribution in [0.1, 0.15) is 18.5 Å². The highest BCUT2D eigenvalue weighted by Crippen LogP contribution is 2.30. The van der Waals surface area contributed by atoms with E-state index in [2.05, 4.69) is 21.2 Å². The van der Waals surface area contributed by atoms with Gasteiger partial charge in [0.25, 0.3) is 0 Å². The van der Waals surface area contributed by atoms with Crippen molar-refractivity contribution < 1.29 is 17.9 Å². The average molecular weight is 380 g/mol. The van der Waals surface area contributed by atoms with E-state index in [-0.39, 0.29) is 6.04 Å². The normalized spacial score (nSPS) is 14.7. The molecule has 0 aliphatic heterocycles. The van der Waals surface area contributed by atoms with Gasteiger partial charge in [0.15, 0.2) is 9.84 Å². The molecule has 0 heterocycles. The number of halogens is 1. The van der Waals surface area contributed by atoms with Gasteiger partial charge in [0.2, 0.25) is 0 Å². The van der Waals surface area contributed by atoms with Crippen molar-refractivity contribution in [3.63, 3.8) is 0 Å². The molecule has 1 rings (SSSR count). The summed E-state index contributed by atoms with van der Waals surface area (Å²) in [5.41, 5.74) is 0.890. The van der Waals surface area contributed by atoms with Crippen LogP contribution in [0.15, 0.2) is 22.7 Å². The van der Waals surface area contributed by atoms with Crippen LogP contribution in [-0.2, 0) is 14.6 Å². The van der Waals surface area contributed by atoms with Crippen molar-refractivity contribution in [1.29, 1.82) is 0 Å². The summed E-state index contributed by atoms with van der Waals surface area (Å²) in [5, 5.41) is 2.54. The number of rotatable bonds is 8. The molecule has 0 aliphatic rings. The second-order valence-corrected chi connectivity index (χ2v) is 8.09. The number of hydrogen-bond acceptors (Lipinski definition) is 5. The van der Waals surface area contributed by atoms with Crippen LogP contribution in [0.3, 0.4) is 0 Å². The SMILES string of the molecule is CNC(c1ccc(OCCOC)c(Br)c1)C(C)S(C)(=O)=O. The van der Waals surface area contributed by atoms with E-state index in [0.29, 0.717) is 19.0 Å². The van der Waals surface area contributed by atoms with Crippen molar-refractivity contribution >= 4 is 25.8 Å². The molecule has 7 heteroatoms. The van der Waals surface area contributed by atoms with E-state index in [1.807, 2.05) is 18.2 Å². The van der Waals surface area contributed by atoms with Crippen LogP contribution in [-0.4, -0.2) is 47.3 Å². The summed E-state index contributed by atoms with van der Waals surface area (Å²) in [7, 11) is 0.241. The van der Waals surface area contributed by atoms with E-state index in [9.17, 15) is 8.42 Å². The maximum Gasteiger partial charge on any atom is 0.151 e. The Labute approximate surface area is 135 Å². The fourth-order valence-electron chi connectivity index (χ4n) is 1.98. The Morgan fingerprint density at radius 2 is 2.00 bits per heavy atom. The molecule has 21 heavy (non-hydrogen) atoms. The molecule has 120 valence electrons. The van der Waals surface area contributed by atoms with Gasteiger partial charge in [-0.25, -0.2) is 8.42 Å². The first-order chi connectivity index (χ1) is 9.81. The zero-order valence-corrected chi connectivity index (χ0v) is 15.1. The van der Waals surface area contributed by atoms with Crippen LogP contribution in [0.4, 0.5) is 0 Å². The molecule has 1 aromatic rings. The molecule has 0 saturated carbocycles. The molecule has 0 fully saturated rings. The summed E-state index contributed by atoms with van der Waals surface area (Å²) in [6.07, 6.45) is 1.25. The molecular weight excluding hydrogens is 358 g/mol. The van der Waals surface area contributed by atoms with Crippen LogP contribution in [0.2, 0.25) is 0 Å². The van der Waals surface area contributed by atoms with E-state index in [0.717, 1.165) is 10.0 Å². The van der Waals surface area contributed by atoms with Crippen molar-refractivity contribution in [2.45, 2.75) is 18.2 Å². The van der Waals surface area contributed by atoms with Crippen LogP contribution < -0.4 is 10.1 Å². The van der Waals surface area contributed by atoms with Crippen molar-refractivity contribution in [3.05, 3.63) is 28.2 Å². The molecule has 0 aromatic heterocycles. The second-order valence-electron chi connectivity index (χ2n) is 4.83. The van der Waals surface area contributed by atoms with Crippen LogP contribution in [0, 0.1) is 0 Å². The van der Waals surface area contributed by atoms with Crippen molar-refractivity contribution in [3.8, 4) is 5.75 Å². The molecule has 2 unspecified atom stereocenters. The van der Waals surface area contributed by atoms with Crippen LogP contribution >= 0.6 is 15.9 Å². The summed E-state index contributed by atoms with van der Waals surface area (Å²) in [6.45, 7) is 2.68. The Hall–Kier alpha value is -0.630. The maximum absolute atomic E-state index is 11.7. The Morgan fingerprint density at radius 1 is 1.33 bits per heavy atom. The van der Waals surface area contributed by atoms with Gasteiger partial charge in [-0.3, -0.25) is 0 Å². The molecule has 1 N–H and O–H groups in total. The highest BCUT2D eigenvalue weighted by Gasteiger charge is 2.26. The summed E-state index contributed by atoms with van der Waals surface area (Å²) >= 11 is 3.45. The molecule has 0 aliphatic carbocycles. The third-order valence-corrected chi connectivity index (χ3v) is 5.56. The van der Waals surface area contributed by atoms with Gasteiger partial charge >= 0.3 is 0 Å². The van der Waals surface area contributed by atoms with Gasteiger partial charge in [-0.05, 0) is 47.6 Å². The first-order valence-corrected chi connectivity index (χ1v) is 9.33. The number of ether oxygens (including phenoxy) is 2. The number of hydrogen-bond donors (Lipinski definition) is 1. The Bertz CT molecular complexity index is 562. The Morgan fingerprint density at radius 3 is 2.48 bits per heavy atom. The molecule has 2 atom stereocenters. The smallest absolute Gasteiger partial charge is 0.151 e. The second kappa shape index (κ2) is 8.12. The monoisotopic (exact) mass is 379 g/mol. The number of methoxy groups -OCH3 is 1. The minimum Gasteiger partial charge on any atom is -0.490 e. The summed E-state index contributed by atoms with van der Waals surface area (Å²) in [6, 6.07) is 5.30. The van der Waals surface area contributed by atoms with Gasteiger partial charge in [0, 0.05) is 19.4 Å². The lowest BCUT2D eigenvalue weighted by molar-refractivity contribution is 0.146. The first-order valence-electron chi connectivity index (χ1n) is 6.58. The summed E-state index contributed by atoms with van der Waals surface area (Å²) in [5.74, 6) is 0.706. The number of benzene rings is 1. The van der Waals surface area contributed by atoms with Gasteiger partial charge in [0.05, 0.1) is 16.3 Å². The minimum atomic E-state index is -3.13. The lowest BCUT2D eigenvalue weighted by Gasteiger charge is -2.23.